The van der Waals surface area contributed by atoms with Crippen molar-refractivity contribution in [2.75, 3.05) is 6.54 Å². The lowest BCUT2D eigenvalue weighted by atomic mass is 10.3. The normalized spacial score (nSPS) is 25.0. The van der Waals surface area contributed by atoms with E-state index in [4.69, 9.17) is 0 Å². The summed E-state index contributed by atoms with van der Waals surface area (Å²) >= 11 is 0. The Bertz CT molecular complexity index is 309. The molecule has 0 bridgehead atoms. The van der Waals surface area contributed by atoms with Crippen LogP contribution >= 0.6 is 0 Å². The van der Waals surface area contributed by atoms with Gasteiger partial charge in [0.1, 0.15) is 0 Å². The maximum Gasteiger partial charge on any atom is 0.433 e. The minimum absolute atomic E-state index is 0.105. The Balaban J connectivity index is 1.82. The molecule has 2 aliphatic rings. The van der Waals surface area contributed by atoms with Gasteiger partial charge in [0, 0.05) is 12.8 Å². The molecule has 2 saturated heterocycles. The second-order valence-electron chi connectivity index (χ2n) is 3.75. The van der Waals surface area contributed by atoms with Crippen LogP contribution in [-0.2, 0) is 14.4 Å². The average molecular weight is 227 g/mol. The molecule has 2 aliphatic heterocycles. The highest BCUT2D eigenvalue weighted by molar-refractivity contribution is 6.01. The molecule has 2 heterocycles. The highest BCUT2D eigenvalue weighted by atomic mass is 16.7. The minimum Gasteiger partial charge on any atom is -0.311 e. The second kappa shape index (κ2) is 4.48. The summed E-state index contributed by atoms with van der Waals surface area (Å²) in [6, 6.07) is 0. The van der Waals surface area contributed by atoms with E-state index in [0.717, 1.165) is 19.4 Å². The zero-order valence-corrected chi connectivity index (χ0v) is 8.69. The van der Waals surface area contributed by atoms with Gasteiger partial charge in [-0.3, -0.25) is 14.9 Å². The lowest BCUT2D eigenvalue weighted by molar-refractivity contribution is -0.171. The quantitative estimate of drug-likeness (QED) is 0.620. The van der Waals surface area contributed by atoms with Gasteiger partial charge < -0.3 is 10.2 Å². The van der Waals surface area contributed by atoms with Gasteiger partial charge in [-0.2, -0.15) is 0 Å². The topological polar surface area (TPSA) is 87.7 Å². The van der Waals surface area contributed by atoms with Gasteiger partial charge in [-0.25, -0.2) is 4.79 Å². The lowest BCUT2D eigenvalue weighted by Crippen LogP contribution is -2.45. The number of nitrogens with one attached hydrogen (secondary N) is 2. The SMILES string of the molecule is O=C(NC1CCCN1)ON1C(=O)CCC1=O. The molecule has 88 valence electrons. The minimum atomic E-state index is -0.775. The van der Waals surface area contributed by atoms with Crippen LogP contribution in [0.25, 0.3) is 0 Å². The Hall–Kier alpha value is -1.63. The molecule has 0 saturated carbocycles. The van der Waals surface area contributed by atoms with Crippen molar-refractivity contribution in [3.8, 4) is 0 Å². The van der Waals surface area contributed by atoms with E-state index in [1.165, 1.54) is 0 Å². The van der Waals surface area contributed by atoms with E-state index in [2.05, 4.69) is 15.5 Å². The molecule has 3 amide bonds. The molecule has 2 N–H and O–H groups in total. The Kier molecular flexibility index (Phi) is 3.04. The van der Waals surface area contributed by atoms with Crippen molar-refractivity contribution in [2.45, 2.75) is 31.8 Å². The van der Waals surface area contributed by atoms with Gasteiger partial charge in [0.25, 0.3) is 11.8 Å². The molecule has 16 heavy (non-hydrogen) atoms. The summed E-state index contributed by atoms with van der Waals surface area (Å²) in [5.74, 6) is -0.945. The molecule has 7 nitrogen and oxygen atoms in total. The lowest BCUT2D eigenvalue weighted by Gasteiger charge is -2.16. The summed E-state index contributed by atoms with van der Waals surface area (Å²) < 4.78 is 0. The molecule has 0 aliphatic carbocycles. The van der Waals surface area contributed by atoms with Gasteiger partial charge >= 0.3 is 6.09 Å². The van der Waals surface area contributed by atoms with E-state index in [0.29, 0.717) is 5.06 Å². The van der Waals surface area contributed by atoms with Gasteiger partial charge in [-0.1, -0.05) is 0 Å². The van der Waals surface area contributed by atoms with E-state index in [1.807, 2.05) is 0 Å². The Labute approximate surface area is 92.1 Å². The van der Waals surface area contributed by atoms with Crippen molar-refractivity contribution in [1.29, 1.82) is 0 Å². The number of hydrogen-bond acceptors (Lipinski definition) is 5. The van der Waals surface area contributed by atoms with Gasteiger partial charge in [-0.05, 0) is 19.4 Å². The fourth-order valence-corrected chi connectivity index (χ4v) is 1.72. The van der Waals surface area contributed by atoms with Crippen molar-refractivity contribution < 1.29 is 19.2 Å². The van der Waals surface area contributed by atoms with Crippen LogP contribution in [0.4, 0.5) is 4.79 Å². The highest BCUT2D eigenvalue weighted by Gasteiger charge is 2.33. The summed E-state index contributed by atoms with van der Waals surface area (Å²) in [7, 11) is 0. The first-order valence-corrected chi connectivity index (χ1v) is 5.24. The van der Waals surface area contributed by atoms with Crippen LogP contribution in [0.15, 0.2) is 0 Å². The molecular weight excluding hydrogens is 214 g/mol. The number of amides is 3. The number of imide groups is 1. The van der Waals surface area contributed by atoms with E-state index >= 15 is 0 Å². The Morgan fingerprint density at radius 3 is 2.62 bits per heavy atom. The van der Waals surface area contributed by atoms with E-state index in [1.54, 1.807) is 0 Å². The Morgan fingerprint density at radius 1 is 1.38 bits per heavy atom. The number of nitrogens with zero attached hydrogens (tertiary/aromatic N) is 1. The summed E-state index contributed by atoms with van der Waals surface area (Å²) in [6.45, 7) is 0.840. The fourth-order valence-electron chi connectivity index (χ4n) is 1.72. The van der Waals surface area contributed by atoms with Crippen LogP contribution < -0.4 is 10.6 Å². The second-order valence-corrected chi connectivity index (χ2v) is 3.75. The Morgan fingerprint density at radius 2 is 2.06 bits per heavy atom. The van der Waals surface area contributed by atoms with Crippen molar-refractivity contribution in [3.63, 3.8) is 0 Å². The van der Waals surface area contributed by atoms with Gasteiger partial charge in [-0.15, -0.1) is 5.06 Å². The standard InChI is InChI=1S/C9H13N3O4/c13-7-3-4-8(14)12(7)16-9(15)11-6-2-1-5-10-6/h6,10H,1-5H2,(H,11,15). The number of carbonyl (C=O) groups is 3. The van der Waals surface area contributed by atoms with Crippen molar-refractivity contribution in [1.82, 2.24) is 15.7 Å². The first-order valence-electron chi connectivity index (χ1n) is 5.24. The highest BCUT2D eigenvalue weighted by Crippen LogP contribution is 2.12. The molecular formula is C9H13N3O4. The number of rotatable bonds is 2. The molecule has 2 rings (SSSR count). The van der Waals surface area contributed by atoms with E-state index < -0.39 is 17.9 Å². The molecule has 0 aromatic carbocycles. The van der Waals surface area contributed by atoms with Crippen LogP contribution in [0.2, 0.25) is 0 Å². The molecule has 0 spiro atoms. The maximum absolute atomic E-state index is 11.3. The molecule has 0 radical (unpaired) electrons. The zero-order chi connectivity index (χ0) is 11.5. The summed E-state index contributed by atoms with van der Waals surface area (Å²) in [5, 5.41) is 6.10. The smallest absolute Gasteiger partial charge is 0.311 e. The third kappa shape index (κ3) is 2.30. The summed E-state index contributed by atoms with van der Waals surface area (Å²) in [5.41, 5.74) is 0. The molecule has 0 aromatic rings. The number of carbonyl (C=O) groups excluding carboxylic acids is 3. The largest absolute Gasteiger partial charge is 0.433 e. The van der Waals surface area contributed by atoms with Crippen LogP contribution in [0.5, 0.6) is 0 Å². The third-order valence-corrected chi connectivity index (χ3v) is 2.53. The number of hydrogen-bond donors (Lipinski definition) is 2. The van der Waals surface area contributed by atoms with Crippen molar-refractivity contribution in [2.24, 2.45) is 0 Å². The fraction of sp³-hybridized carbons (Fsp3) is 0.667. The van der Waals surface area contributed by atoms with Crippen LogP contribution in [0, 0.1) is 0 Å². The molecule has 2 fully saturated rings. The van der Waals surface area contributed by atoms with Crippen molar-refractivity contribution in [3.05, 3.63) is 0 Å². The molecule has 0 aromatic heterocycles. The summed E-state index contributed by atoms with van der Waals surface area (Å²) in [6.07, 6.45) is 1.09. The van der Waals surface area contributed by atoms with Gasteiger partial charge in [0.05, 0.1) is 6.17 Å². The van der Waals surface area contributed by atoms with E-state index in [-0.39, 0.29) is 19.0 Å². The maximum atomic E-state index is 11.3. The molecule has 1 unspecified atom stereocenters. The van der Waals surface area contributed by atoms with Crippen LogP contribution in [0.1, 0.15) is 25.7 Å². The first-order chi connectivity index (χ1) is 7.66. The van der Waals surface area contributed by atoms with Gasteiger partial charge in [0.2, 0.25) is 0 Å². The molecule has 1 atom stereocenters. The third-order valence-electron chi connectivity index (χ3n) is 2.53. The predicted octanol–water partition coefficient (Wildman–Crippen LogP) is -0.514. The van der Waals surface area contributed by atoms with E-state index in [9.17, 15) is 14.4 Å². The summed E-state index contributed by atoms with van der Waals surface area (Å²) in [4.78, 5) is 38.3. The van der Waals surface area contributed by atoms with Gasteiger partial charge in [0.15, 0.2) is 0 Å². The average Bonchev–Trinajstić information content (AvgIpc) is 2.83. The number of hydroxylamine groups is 2. The zero-order valence-electron chi connectivity index (χ0n) is 8.69. The molecule has 7 heteroatoms. The van der Waals surface area contributed by atoms with Crippen LogP contribution in [0.3, 0.4) is 0 Å². The van der Waals surface area contributed by atoms with Crippen LogP contribution in [-0.4, -0.2) is 35.7 Å². The predicted molar refractivity (Wildman–Crippen MR) is 51.7 cm³/mol. The monoisotopic (exact) mass is 227 g/mol. The van der Waals surface area contributed by atoms with Crippen molar-refractivity contribution >= 4 is 17.9 Å². The first kappa shape index (κ1) is 10.9.